The molecule has 0 spiro atoms. The van der Waals surface area contributed by atoms with Crippen molar-refractivity contribution in [1.82, 2.24) is 5.32 Å². The van der Waals surface area contributed by atoms with Crippen LogP contribution in [0, 0.1) is 25.2 Å². The van der Waals surface area contributed by atoms with Crippen LogP contribution in [-0.4, -0.2) is 58.8 Å². The predicted molar refractivity (Wildman–Crippen MR) is 128 cm³/mol. The first-order chi connectivity index (χ1) is 16.7. The van der Waals surface area contributed by atoms with Gasteiger partial charge < -0.3 is 29.2 Å². The van der Waals surface area contributed by atoms with Gasteiger partial charge in [0.1, 0.15) is 6.54 Å². The van der Waals surface area contributed by atoms with Crippen molar-refractivity contribution in [2.45, 2.75) is 20.3 Å². The number of ether oxygens (including phenoxy) is 4. The molecule has 10 nitrogen and oxygen atoms in total. The number of nitrogens with one attached hydrogen (secondary N) is 1. The molecule has 10 heteroatoms. The summed E-state index contributed by atoms with van der Waals surface area (Å²) in [6.45, 7) is 2.98. The Morgan fingerprint density at radius 2 is 1.54 bits per heavy atom. The number of carbonyl (C=O) groups is 3. The molecule has 0 unspecified atom stereocenters. The molecule has 0 fully saturated rings. The summed E-state index contributed by atoms with van der Waals surface area (Å²) in [5.41, 5.74) is 2.72. The lowest BCUT2D eigenvalue weighted by atomic mass is 10.1. The van der Waals surface area contributed by atoms with E-state index in [1.807, 2.05) is 38.1 Å². The Balaban J connectivity index is 2.00. The Hall–Kier alpha value is -4.26. The average Bonchev–Trinajstić information content (AvgIpc) is 2.84. The highest BCUT2D eigenvalue weighted by Crippen LogP contribution is 2.38. The third kappa shape index (κ3) is 7.37. The number of amides is 2. The zero-order valence-electron chi connectivity index (χ0n) is 20.5. The van der Waals surface area contributed by atoms with Crippen molar-refractivity contribution in [3.8, 4) is 23.3 Å². The summed E-state index contributed by atoms with van der Waals surface area (Å²) in [6.07, 6.45) is 0.123. The second kappa shape index (κ2) is 12.8. The highest BCUT2D eigenvalue weighted by Gasteiger charge is 2.20. The Bertz CT molecular complexity index is 1080. The molecule has 0 bridgehead atoms. The van der Waals surface area contributed by atoms with Crippen LogP contribution in [0.1, 0.15) is 27.9 Å². The molecule has 35 heavy (non-hydrogen) atoms. The number of hydrogen-bond donors (Lipinski definition) is 1. The zero-order valence-corrected chi connectivity index (χ0v) is 20.5. The van der Waals surface area contributed by atoms with Gasteiger partial charge >= 0.3 is 5.97 Å². The maximum atomic E-state index is 12.7. The van der Waals surface area contributed by atoms with E-state index in [2.05, 4.69) is 5.32 Å². The van der Waals surface area contributed by atoms with E-state index in [0.717, 1.165) is 11.1 Å². The number of nitrogens with zero attached hydrogens (tertiary/aromatic N) is 2. The number of anilines is 1. The molecule has 0 saturated carbocycles. The smallest absolute Gasteiger partial charge is 0.325 e. The molecule has 0 radical (unpaired) electrons. The van der Waals surface area contributed by atoms with E-state index in [0.29, 0.717) is 11.4 Å². The Kier molecular flexibility index (Phi) is 9.90. The molecule has 0 aliphatic rings. The van der Waals surface area contributed by atoms with E-state index in [4.69, 9.17) is 24.2 Å². The van der Waals surface area contributed by atoms with Gasteiger partial charge in [0.15, 0.2) is 18.1 Å². The average molecular weight is 484 g/mol. The van der Waals surface area contributed by atoms with E-state index in [-0.39, 0.29) is 30.0 Å². The predicted octanol–water partition coefficient (Wildman–Crippen LogP) is 2.55. The van der Waals surface area contributed by atoms with Crippen LogP contribution in [0.15, 0.2) is 30.3 Å². The lowest BCUT2D eigenvalue weighted by Crippen LogP contribution is -2.37. The maximum absolute atomic E-state index is 12.7. The van der Waals surface area contributed by atoms with Crippen molar-refractivity contribution in [3.63, 3.8) is 0 Å². The SMILES string of the molecule is COc1cc(C(=O)NCC(=O)OCC(=O)N(CCC#N)c2cc(C)cc(C)c2)cc(OC)c1OC. The minimum Gasteiger partial charge on any atom is -0.493 e. The van der Waals surface area contributed by atoms with Gasteiger partial charge in [0.05, 0.1) is 33.8 Å². The molecule has 2 aromatic carbocycles. The first kappa shape index (κ1) is 27.0. The summed E-state index contributed by atoms with van der Waals surface area (Å²) in [4.78, 5) is 38.9. The standard InChI is InChI=1S/C25H29N3O7/c1-16-9-17(2)11-19(10-16)28(8-6-7-26)22(29)15-35-23(30)14-27-25(31)18-12-20(32-3)24(34-5)21(13-18)33-4/h9-13H,6,8,14-15H2,1-5H3,(H,27,31). The molecule has 2 rings (SSSR count). The van der Waals surface area contributed by atoms with Crippen LogP contribution >= 0.6 is 0 Å². The topological polar surface area (TPSA) is 127 Å². The third-order valence-corrected chi connectivity index (χ3v) is 4.94. The Morgan fingerprint density at radius 3 is 2.06 bits per heavy atom. The van der Waals surface area contributed by atoms with Crippen molar-refractivity contribution in [1.29, 1.82) is 5.26 Å². The Labute approximate surface area is 204 Å². The number of aryl methyl sites for hydroxylation is 2. The van der Waals surface area contributed by atoms with Gasteiger partial charge in [-0.3, -0.25) is 14.4 Å². The van der Waals surface area contributed by atoms with E-state index in [9.17, 15) is 14.4 Å². The summed E-state index contributed by atoms with van der Waals surface area (Å²) >= 11 is 0. The fraction of sp³-hybridized carbons (Fsp3) is 0.360. The third-order valence-electron chi connectivity index (χ3n) is 4.94. The summed E-state index contributed by atoms with van der Waals surface area (Å²) in [5, 5.41) is 11.4. The van der Waals surface area contributed by atoms with E-state index >= 15 is 0 Å². The van der Waals surface area contributed by atoms with Crippen molar-refractivity contribution in [3.05, 3.63) is 47.0 Å². The highest BCUT2D eigenvalue weighted by atomic mass is 16.5. The van der Waals surface area contributed by atoms with E-state index < -0.39 is 30.9 Å². The number of esters is 1. The normalized spacial score (nSPS) is 10.1. The van der Waals surface area contributed by atoms with Crippen LogP contribution in [0.2, 0.25) is 0 Å². The van der Waals surface area contributed by atoms with Crippen molar-refractivity contribution in [2.75, 3.05) is 45.9 Å². The monoisotopic (exact) mass is 483 g/mol. The zero-order chi connectivity index (χ0) is 26.0. The molecule has 0 saturated heterocycles. The summed E-state index contributed by atoms with van der Waals surface area (Å²) < 4.78 is 20.7. The van der Waals surface area contributed by atoms with E-state index in [1.54, 1.807) is 0 Å². The van der Waals surface area contributed by atoms with Crippen molar-refractivity contribution in [2.24, 2.45) is 0 Å². The van der Waals surface area contributed by atoms with Crippen LogP contribution in [0.5, 0.6) is 17.2 Å². The number of carbonyl (C=O) groups excluding carboxylic acids is 3. The van der Waals surface area contributed by atoms with Gasteiger partial charge in [-0.2, -0.15) is 5.26 Å². The molecular weight excluding hydrogens is 454 g/mol. The first-order valence-corrected chi connectivity index (χ1v) is 10.7. The van der Waals surface area contributed by atoms with Gasteiger partial charge in [-0.15, -0.1) is 0 Å². The first-order valence-electron chi connectivity index (χ1n) is 10.7. The summed E-state index contributed by atoms with van der Waals surface area (Å²) in [7, 11) is 4.29. The number of nitriles is 1. The lowest BCUT2D eigenvalue weighted by molar-refractivity contribution is -0.146. The minimum atomic E-state index is -0.792. The quantitative estimate of drug-likeness (QED) is 0.483. The van der Waals surface area contributed by atoms with Gasteiger partial charge in [-0.25, -0.2) is 0 Å². The molecule has 0 aliphatic carbocycles. The van der Waals surface area contributed by atoms with Gasteiger partial charge in [-0.1, -0.05) is 6.07 Å². The largest absolute Gasteiger partial charge is 0.493 e. The molecule has 0 heterocycles. The molecule has 1 N–H and O–H groups in total. The van der Waals surface area contributed by atoms with E-state index in [1.165, 1.54) is 38.4 Å². The number of benzene rings is 2. The second-order valence-corrected chi connectivity index (χ2v) is 7.56. The molecule has 0 aliphatic heterocycles. The molecule has 2 amide bonds. The molecule has 0 atom stereocenters. The van der Waals surface area contributed by atoms with Crippen LogP contribution in [0.3, 0.4) is 0 Å². The highest BCUT2D eigenvalue weighted by molar-refractivity contribution is 5.98. The fourth-order valence-electron chi connectivity index (χ4n) is 3.40. The van der Waals surface area contributed by atoms with Crippen LogP contribution in [0.4, 0.5) is 5.69 Å². The Morgan fingerprint density at radius 1 is 0.943 bits per heavy atom. The summed E-state index contributed by atoms with van der Waals surface area (Å²) in [5.74, 6) is -0.940. The van der Waals surface area contributed by atoms with Gasteiger partial charge in [0.2, 0.25) is 5.75 Å². The molecule has 186 valence electrons. The lowest BCUT2D eigenvalue weighted by Gasteiger charge is -2.22. The summed E-state index contributed by atoms with van der Waals surface area (Å²) in [6, 6.07) is 10.5. The van der Waals surface area contributed by atoms with Crippen LogP contribution < -0.4 is 24.4 Å². The number of hydrogen-bond acceptors (Lipinski definition) is 8. The van der Waals surface area contributed by atoms with Crippen molar-refractivity contribution >= 4 is 23.5 Å². The van der Waals surface area contributed by atoms with Gasteiger partial charge in [0, 0.05) is 17.8 Å². The fourth-order valence-corrected chi connectivity index (χ4v) is 3.40. The molecular formula is C25H29N3O7. The second-order valence-electron chi connectivity index (χ2n) is 7.56. The van der Waals surface area contributed by atoms with Gasteiger partial charge in [0.25, 0.3) is 11.8 Å². The minimum absolute atomic E-state index is 0.123. The number of methoxy groups -OCH3 is 3. The van der Waals surface area contributed by atoms with Crippen molar-refractivity contribution < 1.29 is 33.3 Å². The van der Waals surface area contributed by atoms with Crippen LogP contribution in [0.25, 0.3) is 0 Å². The molecule has 2 aromatic rings. The molecule has 0 aromatic heterocycles. The van der Waals surface area contributed by atoms with Gasteiger partial charge in [-0.05, 0) is 49.2 Å². The van der Waals surface area contributed by atoms with Crippen LogP contribution in [-0.2, 0) is 14.3 Å². The number of rotatable bonds is 11. The maximum Gasteiger partial charge on any atom is 0.325 e.